The van der Waals surface area contributed by atoms with Crippen LogP contribution in [0.4, 0.5) is 30.5 Å². The number of anilines is 3. The summed E-state index contributed by atoms with van der Waals surface area (Å²) in [5.41, 5.74) is 3.30. The van der Waals surface area contributed by atoms with Crippen LogP contribution in [0.25, 0.3) is 11.3 Å². The number of rotatable bonds is 7. The van der Waals surface area contributed by atoms with Crippen molar-refractivity contribution in [2.24, 2.45) is 0 Å². The van der Waals surface area contributed by atoms with E-state index in [2.05, 4.69) is 26.5 Å². The average molecular weight is 554 g/mol. The Labute approximate surface area is 222 Å². The summed E-state index contributed by atoms with van der Waals surface area (Å²) in [6.45, 7) is 2.53. The highest BCUT2D eigenvalue weighted by Crippen LogP contribution is 2.36. The number of nitrogens with zero attached hydrogens (tertiary/aromatic N) is 6. The molecule has 200 valence electrons. The number of alkyl halides is 3. The van der Waals surface area contributed by atoms with E-state index in [1.165, 1.54) is 4.31 Å². The van der Waals surface area contributed by atoms with E-state index in [9.17, 15) is 21.6 Å². The molecule has 9 nitrogen and oxygen atoms in total. The Morgan fingerprint density at radius 2 is 1.90 bits per heavy atom. The van der Waals surface area contributed by atoms with Gasteiger partial charge in [0.1, 0.15) is 0 Å². The number of fused-ring (bicyclic) bond motifs is 1. The molecule has 0 aliphatic carbocycles. The van der Waals surface area contributed by atoms with Gasteiger partial charge >= 0.3 is 6.18 Å². The second kappa shape index (κ2) is 10.0. The molecule has 0 bridgehead atoms. The monoisotopic (exact) mass is 553 g/mol. The third kappa shape index (κ3) is 5.28. The first-order valence-corrected chi connectivity index (χ1v) is 13.3. The summed E-state index contributed by atoms with van der Waals surface area (Å²) in [6.07, 6.45) is 1.41. The van der Waals surface area contributed by atoms with Crippen molar-refractivity contribution >= 4 is 27.3 Å². The lowest BCUT2D eigenvalue weighted by Crippen LogP contribution is -2.29. The maximum atomic E-state index is 13.2. The molecule has 39 heavy (non-hydrogen) atoms. The number of aromatic nitrogens is 4. The van der Waals surface area contributed by atoms with Crippen LogP contribution in [0.5, 0.6) is 0 Å². The van der Waals surface area contributed by atoms with Crippen LogP contribution in [0.15, 0.2) is 66.0 Å². The first-order chi connectivity index (χ1) is 18.6. The topological polar surface area (TPSA) is 117 Å². The number of hydrogen-bond donors (Lipinski definition) is 1. The summed E-state index contributed by atoms with van der Waals surface area (Å²) in [4.78, 5) is 8.76. The zero-order valence-electron chi connectivity index (χ0n) is 20.6. The van der Waals surface area contributed by atoms with Gasteiger partial charge < -0.3 is 5.32 Å². The van der Waals surface area contributed by atoms with E-state index in [1.807, 2.05) is 13.1 Å². The summed E-state index contributed by atoms with van der Waals surface area (Å²) < 4.78 is 67.9. The highest BCUT2D eigenvalue weighted by Gasteiger charge is 2.33. The quantitative estimate of drug-likeness (QED) is 0.339. The number of benzene rings is 2. The number of hydrogen-bond acceptors (Lipinski definition) is 7. The molecule has 2 aromatic heterocycles. The maximum absolute atomic E-state index is 13.2. The van der Waals surface area contributed by atoms with Gasteiger partial charge in [0.15, 0.2) is 0 Å². The molecule has 1 aliphatic rings. The number of sulfonamides is 1. The lowest BCUT2D eigenvalue weighted by atomic mass is 10.1. The fourth-order valence-electron chi connectivity index (χ4n) is 4.34. The van der Waals surface area contributed by atoms with Gasteiger partial charge in [-0.2, -0.15) is 23.5 Å². The Morgan fingerprint density at radius 1 is 1.13 bits per heavy atom. The lowest BCUT2D eigenvalue weighted by Gasteiger charge is -2.20. The maximum Gasteiger partial charge on any atom is 0.416 e. The van der Waals surface area contributed by atoms with Crippen LogP contribution >= 0.6 is 0 Å². The van der Waals surface area contributed by atoms with Gasteiger partial charge in [0, 0.05) is 30.2 Å². The number of nitriles is 1. The van der Waals surface area contributed by atoms with Crippen molar-refractivity contribution in [3.05, 3.63) is 77.7 Å². The first kappa shape index (κ1) is 26.2. The van der Waals surface area contributed by atoms with Gasteiger partial charge in [-0.25, -0.2) is 18.4 Å². The van der Waals surface area contributed by atoms with E-state index in [-0.39, 0.29) is 11.4 Å². The van der Waals surface area contributed by atoms with Crippen LogP contribution in [-0.2, 0) is 29.2 Å². The summed E-state index contributed by atoms with van der Waals surface area (Å²) >= 11 is 0. The second-order valence-electron chi connectivity index (χ2n) is 8.94. The Hall–Kier alpha value is -4.44. The Kier molecular flexibility index (Phi) is 6.73. The van der Waals surface area contributed by atoms with Crippen LogP contribution in [0, 0.1) is 18.3 Å². The van der Waals surface area contributed by atoms with Crippen LogP contribution in [-0.4, -0.2) is 34.7 Å². The average Bonchev–Trinajstić information content (AvgIpc) is 3.55. The molecule has 0 unspecified atom stereocenters. The lowest BCUT2D eigenvalue weighted by molar-refractivity contribution is -0.137. The van der Waals surface area contributed by atoms with Crippen LogP contribution in [0.1, 0.15) is 23.1 Å². The molecular weight excluding hydrogens is 531 g/mol. The molecule has 2 aromatic carbocycles. The third-order valence-corrected chi connectivity index (χ3v) is 8.12. The molecule has 3 heterocycles. The summed E-state index contributed by atoms with van der Waals surface area (Å²) in [5, 5.41) is 16.2. The fraction of sp³-hybridized carbons (Fsp3) is 0.231. The van der Waals surface area contributed by atoms with E-state index in [1.54, 1.807) is 35.3 Å². The van der Waals surface area contributed by atoms with Crippen LogP contribution in [0.3, 0.4) is 0 Å². The van der Waals surface area contributed by atoms with Gasteiger partial charge in [0.05, 0.1) is 47.1 Å². The molecule has 1 N–H and O–H groups in total. The molecule has 0 spiro atoms. The SMILES string of the molecule is Cc1cnc(Nc2ccc3c(c2)CCN3S(=O)(=O)c2ccc(C(F)(F)F)cc2)nc1-c1cnn(CCC#N)c1. The van der Waals surface area contributed by atoms with E-state index in [4.69, 9.17) is 5.26 Å². The second-order valence-corrected chi connectivity index (χ2v) is 10.8. The standard InChI is InChI=1S/C26H22F3N7O2S/c1-17-14-31-25(34-24(17)19-15-32-35(16-19)11-2-10-30)33-21-5-8-23-18(13-21)9-12-36(23)39(37,38)22-6-3-20(4-7-22)26(27,28)29/h3-8,13-16H,2,9,11-12H2,1H3,(H,31,33,34). The normalized spacial score (nSPS) is 13.3. The van der Waals surface area contributed by atoms with Gasteiger partial charge in [-0.05, 0) is 66.9 Å². The fourth-order valence-corrected chi connectivity index (χ4v) is 5.84. The van der Waals surface area contributed by atoms with E-state index >= 15 is 0 Å². The molecule has 0 atom stereocenters. The zero-order chi connectivity index (χ0) is 27.8. The Balaban J connectivity index is 1.35. The van der Waals surface area contributed by atoms with E-state index in [0.29, 0.717) is 42.4 Å². The minimum atomic E-state index is -4.55. The van der Waals surface area contributed by atoms with Crippen LogP contribution < -0.4 is 9.62 Å². The highest BCUT2D eigenvalue weighted by molar-refractivity contribution is 7.92. The van der Waals surface area contributed by atoms with E-state index < -0.39 is 21.8 Å². The molecule has 0 fully saturated rings. The summed E-state index contributed by atoms with van der Waals surface area (Å²) in [7, 11) is -4.04. The molecule has 1 aliphatic heterocycles. The summed E-state index contributed by atoms with van der Waals surface area (Å²) in [6, 6.07) is 10.7. The Bertz CT molecular complexity index is 1680. The molecule has 13 heteroatoms. The molecule has 5 rings (SSSR count). The van der Waals surface area contributed by atoms with Crippen LogP contribution in [0.2, 0.25) is 0 Å². The molecule has 0 amide bonds. The molecule has 0 saturated carbocycles. The van der Waals surface area contributed by atoms with Crippen molar-refractivity contribution in [1.29, 1.82) is 5.26 Å². The first-order valence-electron chi connectivity index (χ1n) is 11.9. The molecule has 0 saturated heterocycles. The summed E-state index contributed by atoms with van der Waals surface area (Å²) in [5.74, 6) is 0.340. The van der Waals surface area contributed by atoms with Crippen molar-refractivity contribution in [3.8, 4) is 17.3 Å². The predicted octanol–water partition coefficient (Wildman–Crippen LogP) is 5.08. The van der Waals surface area contributed by atoms with E-state index in [0.717, 1.165) is 41.0 Å². The highest BCUT2D eigenvalue weighted by atomic mass is 32.2. The van der Waals surface area contributed by atoms with Crippen molar-refractivity contribution in [3.63, 3.8) is 0 Å². The van der Waals surface area contributed by atoms with Gasteiger partial charge in [-0.15, -0.1) is 0 Å². The predicted molar refractivity (Wildman–Crippen MR) is 138 cm³/mol. The number of aryl methyl sites for hydroxylation is 2. The third-order valence-electron chi connectivity index (χ3n) is 6.29. The number of nitrogens with one attached hydrogen (secondary N) is 1. The van der Waals surface area contributed by atoms with Gasteiger partial charge in [0.2, 0.25) is 5.95 Å². The van der Waals surface area contributed by atoms with Gasteiger partial charge in [0.25, 0.3) is 10.0 Å². The van der Waals surface area contributed by atoms with Gasteiger partial charge in [-0.1, -0.05) is 0 Å². The zero-order valence-corrected chi connectivity index (χ0v) is 21.5. The van der Waals surface area contributed by atoms with Crippen molar-refractivity contribution in [1.82, 2.24) is 19.7 Å². The smallest absolute Gasteiger partial charge is 0.324 e. The van der Waals surface area contributed by atoms with Crippen molar-refractivity contribution < 1.29 is 21.6 Å². The minimum absolute atomic E-state index is 0.170. The molecular formula is C26H22F3N7O2S. The van der Waals surface area contributed by atoms with Crippen molar-refractivity contribution in [2.75, 3.05) is 16.2 Å². The van der Waals surface area contributed by atoms with Gasteiger partial charge in [-0.3, -0.25) is 8.99 Å². The molecule has 0 radical (unpaired) electrons. The largest absolute Gasteiger partial charge is 0.416 e. The minimum Gasteiger partial charge on any atom is -0.324 e. The Morgan fingerprint density at radius 3 is 2.62 bits per heavy atom. The molecule has 4 aromatic rings. The number of halogens is 3. The van der Waals surface area contributed by atoms with Crippen molar-refractivity contribution in [2.45, 2.75) is 37.4 Å².